The first-order chi connectivity index (χ1) is 13.3. The third-order valence-electron chi connectivity index (χ3n) is 5.11. The molecule has 0 heterocycles. The van der Waals surface area contributed by atoms with Crippen molar-refractivity contribution < 1.29 is 4.80 Å². The largest absolute Gasteiger partial charge is 0.426 e. The van der Waals surface area contributed by atoms with Crippen LogP contribution in [-0.4, -0.2) is 20.9 Å². The third kappa shape index (κ3) is 3.45. The molecule has 0 atom stereocenters. The highest BCUT2D eigenvalue weighted by molar-refractivity contribution is 7.48. The van der Waals surface area contributed by atoms with Crippen molar-refractivity contribution in [1.29, 1.82) is 0 Å². The van der Waals surface area contributed by atoms with Gasteiger partial charge in [0.05, 0.1) is 0 Å². The average Bonchev–Trinajstić information content (AvgIpc) is 2.76. The first kappa shape index (κ1) is 17.7. The van der Waals surface area contributed by atoms with Crippen LogP contribution in [0.5, 0.6) is 0 Å². The summed E-state index contributed by atoms with van der Waals surface area (Å²) in [7, 11) is -4.91. The molecule has 0 saturated carbocycles. The number of rotatable bonds is 5. The highest BCUT2D eigenvalue weighted by atomic mass is 29.2. The first-order valence-electron chi connectivity index (χ1n) is 9.23. The second-order valence-electron chi connectivity index (χ2n) is 6.75. The number of hydrogen-bond acceptors (Lipinski definition) is 1. The van der Waals surface area contributed by atoms with Gasteiger partial charge in [-0.1, -0.05) is 132 Å². The van der Waals surface area contributed by atoms with Crippen molar-refractivity contribution in [3.63, 3.8) is 0 Å². The van der Waals surface area contributed by atoms with Gasteiger partial charge in [0.25, 0.3) is 0 Å². The molecule has 0 aromatic heterocycles. The first-order valence-corrected chi connectivity index (χ1v) is 14.1. The predicted molar refractivity (Wildman–Crippen MR) is 119 cm³/mol. The lowest BCUT2D eigenvalue weighted by molar-refractivity contribution is 0.589. The van der Waals surface area contributed by atoms with E-state index in [1.807, 2.05) is 48.5 Å². The lowest BCUT2D eigenvalue weighted by Crippen LogP contribution is -2.76. The van der Waals surface area contributed by atoms with Crippen LogP contribution in [-0.2, 0) is 0 Å². The minimum atomic E-state index is -2.97. The van der Waals surface area contributed by atoms with Gasteiger partial charge in [0, 0.05) is 0 Å². The van der Waals surface area contributed by atoms with Crippen LogP contribution in [0.3, 0.4) is 0 Å². The molecule has 1 nitrogen and oxygen atoms in total. The number of benzene rings is 4. The van der Waals surface area contributed by atoms with E-state index in [2.05, 4.69) is 72.8 Å². The standard InChI is InChI=1S/C24H22OSi2/c25-27(23-17-9-3-10-18-23,24-19-11-4-12-20-24)26(21-13-5-1-6-14-21)22-15-7-2-8-16-22/h1-20,25-26H. The zero-order valence-corrected chi connectivity index (χ0v) is 17.2. The lowest BCUT2D eigenvalue weighted by atomic mass is 10.4. The third-order valence-corrected chi connectivity index (χ3v) is 17.0. The van der Waals surface area contributed by atoms with Gasteiger partial charge in [-0.2, -0.15) is 0 Å². The Kier molecular flexibility index (Phi) is 5.16. The van der Waals surface area contributed by atoms with Gasteiger partial charge in [0.1, 0.15) is 8.31 Å². The molecule has 3 heteroatoms. The topological polar surface area (TPSA) is 20.2 Å². The summed E-state index contributed by atoms with van der Waals surface area (Å²) in [4.78, 5) is 12.5. The van der Waals surface area contributed by atoms with Gasteiger partial charge in [0.15, 0.2) is 0 Å². The van der Waals surface area contributed by atoms with Gasteiger partial charge in [-0.15, -0.1) is 0 Å². The molecule has 0 spiro atoms. The van der Waals surface area contributed by atoms with Gasteiger partial charge in [-0.25, -0.2) is 0 Å². The molecule has 0 amide bonds. The molecule has 0 aliphatic heterocycles. The molecular formula is C24H22OSi2. The van der Waals surface area contributed by atoms with Crippen LogP contribution in [0.25, 0.3) is 0 Å². The van der Waals surface area contributed by atoms with E-state index < -0.39 is 16.1 Å². The lowest BCUT2D eigenvalue weighted by Gasteiger charge is -2.34. The van der Waals surface area contributed by atoms with Crippen LogP contribution in [0.4, 0.5) is 0 Å². The molecule has 0 fully saturated rings. The minimum Gasteiger partial charge on any atom is -0.426 e. The maximum atomic E-state index is 12.5. The maximum Gasteiger partial charge on any atom is 0.243 e. The summed E-state index contributed by atoms with van der Waals surface area (Å²) in [6, 6.07) is 41.8. The Labute approximate surface area is 163 Å². The van der Waals surface area contributed by atoms with E-state index in [1.54, 1.807) is 0 Å². The summed E-state index contributed by atoms with van der Waals surface area (Å²) < 4.78 is 0. The molecule has 0 aliphatic carbocycles. The second-order valence-corrected chi connectivity index (χ2v) is 15.9. The fourth-order valence-electron chi connectivity index (χ4n) is 3.85. The Hall–Kier alpha value is -2.73. The van der Waals surface area contributed by atoms with E-state index in [0.29, 0.717) is 0 Å². The normalized spacial score (nSPS) is 11.5. The Morgan fingerprint density at radius 2 is 0.741 bits per heavy atom. The van der Waals surface area contributed by atoms with E-state index in [-0.39, 0.29) is 0 Å². The second kappa shape index (κ2) is 7.88. The van der Waals surface area contributed by atoms with Crippen LogP contribution in [0, 0.1) is 0 Å². The molecule has 4 aromatic rings. The van der Waals surface area contributed by atoms with Crippen LogP contribution in [0.2, 0.25) is 0 Å². The zero-order valence-electron chi connectivity index (χ0n) is 15.1. The van der Waals surface area contributed by atoms with Crippen molar-refractivity contribution in [2.75, 3.05) is 0 Å². The van der Waals surface area contributed by atoms with Gasteiger partial charge in [-0.05, 0) is 10.4 Å². The van der Waals surface area contributed by atoms with Crippen LogP contribution < -0.4 is 20.7 Å². The van der Waals surface area contributed by atoms with Crippen molar-refractivity contribution in [2.24, 2.45) is 0 Å². The average molecular weight is 383 g/mol. The Morgan fingerprint density at radius 1 is 0.444 bits per heavy atom. The zero-order chi connectivity index (χ0) is 18.5. The molecular weight excluding hydrogens is 360 g/mol. The predicted octanol–water partition coefficient (Wildman–Crippen LogP) is 1.86. The molecule has 0 unspecified atom stereocenters. The maximum absolute atomic E-state index is 12.5. The summed E-state index contributed by atoms with van der Waals surface area (Å²) in [5, 5.41) is 4.73. The summed E-state index contributed by atoms with van der Waals surface area (Å²) >= 11 is 0. The van der Waals surface area contributed by atoms with Gasteiger partial charge >= 0.3 is 0 Å². The number of hydrogen-bond donors (Lipinski definition) is 1. The molecule has 4 aromatic carbocycles. The van der Waals surface area contributed by atoms with E-state index in [0.717, 1.165) is 10.4 Å². The molecule has 0 bridgehead atoms. The highest BCUT2D eigenvalue weighted by Gasteiger charge is 2.46. The SMILES string of the molecule is O[Si](c1ccccc1)(c1ccccc1)[SiH](c1ccccc1)c1ccccc1. The van der Waals surface area contributed by atoms with Crippen molar-refractivity contribution in [3.8, 4) is 0 Å². The molecule has 1 N–H and O–H groups in total. The van der Waals surface area contributed by atoms with Gasteiger partial charge < -0.3 is 4.80 Å². The van der Waals surface area contributed by atoms with E-state index in [4.69, 9.17) is 0 Å². The van der Waals surface area contributed by atoms with Crippen LogP contribution >= 0.6 is 0 Å². The van der Waals surface area contributed by atoms with E-state index in [1.165, 1.54) is 10.4 Å². The fraction of sp³-hybridized carbons (Fsp3) is 0. The molecule has 27 heavy (non-hydrogen) atoms. The highest BCUT2D eigenvalue weighted by Crippen LogP contribution is 2.09. The van der Waals surface area contributed by atoms with E-state index in [9.17, 15) is 4.80 Å². The quantitative estimate of drug-likeness (QED) is 0.523. The Morgan fingerprint density at radius 3 is 1.07 bits per heavy atom. The molecule has 4 rings (SSSR count). The molecule has 0 saturated heterocycles. The summed E-state index contributed by atoms with van der Waals surface area (Å²) in [6.07, 6.45) is 0. The molecule has 0 radical (unpaired) electrons. The summed E-state index contributed by atoms with van der Waals surface area (Å²) in [5.41, 5.74) is 0. The van der Waals surface area contributed by atoms with Crippen molar-refractivity contribution >= 4 is 36.9 Å². The smallest absolute Gasteiger partial charge is 0.243 e. The van der Waals surface area contributed by atoms with Crippen LogP contribution in [0.1, 0.15) is 0 Å². The van der Waals surface area contributed by atoms with Gasteiger partial charge in [-0.3, -0.25) is 0 Å². The molecule has 0 aliphatic rings. The summed E-state index contributed by atoms with van der Waals surface area (Å²) in [6.45, 7) is 0. The van der Waals surface area contributed by atoms with E-state index >= 15 is 0 Å². The summed E-state index contributed by atoms with van der Waals surface area (Å²) in [5.74, 6) is 0. The fourth-order valence-corrected chi connectivity index (χ4v) is 16.0. The minimum absolute atomic E-state index is 1.08. The Bertz CT molecular complexity index is 895. The van der Waals surface area contributed by atoms with Gasteiger partial charge in [0.2, 0.25) is 7.83 Å². The van der Waals surface area contributed by atoms with Crippen LogP contribution in [0.15, 0.2) is 121 Å². The monoisotopic (exact) mass is 382 g/mol. The van der Waals surface area contributed by atoms with Crippen molar-refractivity contribution in [1.82, 2.24) is 0 Å². The van der Waals surface area contributed by atoms with Crippen molar-refractivity contribution in [3.05, 3.63) is 121 Å². The van der Waals surface area contributed by atoms with Crippen molar-refractivity contribution in [2.45, 2.75) is 0 Å². The Balaban J connectivity index is 2.01. The molecule has 132 valence electrons.